The number of hydrogen-bond donors (Lipinski definition) is 2. The number of H-pyrrole nitrogens is 1. The van der Waals surface area contributed by atoms with E-state index in [1.165, 1.54) is 5.56 Å². The number of nitrogens with one attached hydrogen (secondary N) is 2. The van der Waals surface area contributed by atoms with Crippen LogP contribution in [0.1, 0.15) is 24.2 Å². The molecule has 0 radical (unpaired) electrons. The maximum absolute atomic E-state index is 11.8. The first-order valence-electron chi connectivity index (χ1n) is 6.59. The topological polar surface area (TPSA) is 57.8 Å². The lowest BCUT2D eigenvalue weighted by Crippen LogP contribution is -2.33. The third-order valence-corrected chi connectivity index (χ3v) is 3.75. The molecule has 1 aromatic carbocycles. The molecule has 3 rings (SSSR count). The van der Waals surface area contributed by atoms with E-state index in [9.17, 15) is 4.79 Å². The minimum Gasteiger partial charge on any atom is -0.355 e. The molecule has 1 amide bonds. The van der Waals surface area contributed by atoms with Crippen LogP contribution in [-0.4, -0.2) is 22.4 Å². The molecule has 19 heavy (non-hydrogen) atoms. The summed E-state index contributed by atoms with van der Waals surface area (Å²) in [5.41, 5.74) is 1.49. The Balaban J connectivity index is 1.56. The van der Waals surface area contributed by atoms with Gasteiger partial charge in [-0.15, -0.1) is 0 Å². The summed E-state index contributed by atoms with van der Waals surface area (Å²) in [5.74, 6) is 0.735. The molecule has 0 spiro atoms. The van der Waals surface area contributed by atoms with Crippen molar-refractivity contribution in [3.63, 3.8) is 0 Å². The Hall–Kier alpha value is -2.10. The quantitative estimate of drug-likeness (QED) is 0.856. The SMILES string of the molecule is O=C(Cc1ncc[nH]1)NCC1(c2ccccc2)CC1. The van der Waals surface area contributed by atoms with E-state index in [0.29, 0.717) is 12.2 Å². The van der Waals surface area contributed by atoms with E-state index in [1.54, 1.807) is 12.4 Å². The lowest BCUT2D eigenvalue weighted by molar-refractivity contribution is -0.120. The fourth-order valence-electron chi connectivity index (χ4n) is 2.39. The van der Waals surface area contributed by atoms with E-state index in [2.05, 4.69) is 39.6 Å². The van der Waals surface area contributed by atoms with Gasteiger partial charge in [0.15, 0.2) is 0 Å². The maximum Gasteiger partial charge on any atom is 0.227 e. The summed E-state index contributed by atoms with van der Waals surface area (Å²) in [6.45, 7) is 0.719. The average Bonchev–Trinajstić information content (AvgIpc) is 3.08. The van der Waals surface area contributed by atoms with Crippen molar-refractivity contribution < 1.29 is 4.79 Å². The molecule has 1 heterocycles. The first kappa shape index (κ1) is 12.0. The second-order valence-corrected chi connectivity index (χ2v) is 5.14. The van der Waals surface area contributed by atoms with Gasteiger partial charge in [0.2, 0.25) is 5.91 Å². The molecule has 1 saturated carbocycles. The van der Waals surface area contributed by atoms with E-state index in [-0.39, 0.29) is 11.3 Å². The van der Waals surface area contributed by atoms with Gasteiger partial charge in [-0.05, 0) is 18.4 Å². The molecule has 2 N–H and O–H groups in total. The molecule has 0 bridgehead atoms. The van der Waals surface area contributed by atoms with Crippen LogP contribution in [-0.2, 0) is 16.6 Å². The van der Waals surface area contributed by atoms with Crippen LogP contribution in [0.25, 0.3) is 0 Å². The van der Waals surface area contributed by atoms with Crippen molar-refractivity contribution in [2.24, 2.45) is 0 Å². The number of imidazole rings is 1. The van der Waals surface area contributed by atoms with Gasteiger partial charge in [-0.1, -0.05) is 30.3 Å². The molecular formula is C15H17N3O. The number of carbonyl (C=O) groups is 1. The molecule has 0 saturated heterocycles. The fraction of sp³-hybridized carbons (Fsp3) is 0.333. The Labute approximate surface area is 112 Å². The minimum absolute atomic E-state index is 0.0251. The van der Waals surface area contributed by atoms with Crippen molar-refractivity contribution in [1.29, 1.82) is 0 Å². The highest BCUT2D eigenvalue weighted by Gasteiger charge is 2.44. The lowest BCUT2D eigenvalue weighted by Gasteiger charge is -2.16. The summed E-state index contributed by atoms with van der Waals surface area (Å²) >= 11 is 0. The summed E-state index contributed by atoms with van der Waals surface area (Å²) < 4.78 is 0. The number of benzene rings is 1. The zero-order chi connectivity index (χ0) is 13.1. The van der Waals surface area contributed by atoms with Gasteiger partial charge in [0, 0.05) is 24.4 Å². The van der Waals surface area contributed by atoms with E-state index >= 15 is 0 Å². The van der Waals surface area contributed by atoms with Crippen LogP contribution in [0.4, 0.5) is 0 Å². The van der Waals surface area contributed by atoms with E-state index in [4.69, 9.17) is 0 Å². The largest absolute Gasteiger partial charge is 0.355 e. The predicted molar refractivity (Wildman–Crippen MR) is 72.7 cm³/mol. The minimum atomic E-state index is 0.0251. The number of amides is 1. The molecule has 0 aliphatic heterocycles. The predicted octanol–water partition coefficient (Wildman–Crippen LogP) is 1.80. The first-order valence-corrected chi connectivity index (χ1v) is 6.59. The third kappa shape index (κ3) is 2.67. The molecule has 1 aromatic heterocycles. The summed E-state index contributed by atoms with van der Waals surface area (Å²) in [6.07, 6.45) is 6.01. The van der Waals surface area contributed by atoms with Crippen molar-refractivity contribution >= 4 is 5.91 Å². The van der Waals surface area contributed by atoms with Crippen molar-refractivity contribution in [2.75, 3.05) is 6.54 Å². The molecule has 1 fully saturated rings. The van der Waals surface area contributed by atoms with Crippen molar-refractivity contribution in [3.05, 3.63) is 54.1 Å². The molecule has 4 nitrogen and oxygen atoms in total. The number of aromatic nitrogens is 2. The van der Waals surface area contributed by atoms with Crippen LogP contribution in [0.2, 0.25) is 0 Å². The lowest BCUT2D eigenvalue weighted by atomic mass is 9.96. The van der Waals surface area contributed by atoms with Gasteiger partial charge in [0.25, 0.3) is 0 Å². The number of hydrogen-bond acceptors (Lipinski definition) is 2. The molecular weight excluding hydrogens is 238 g/mol. The summed E-state index contributed by atoms with van der Waals surface area (Å²) in [7, 11) is 0. The van der Waals surface area contributed by atoms with Crippen LogP contribution >= 0.6 is 0 Å². The third-order valence-electron chi connectivity index (χ3n) is 3.75. The first-order chi connectivity index (χ1) is 9.28. The van der Waals surface area contributed by atoms with Crippen LogP contribution in [0.15, 0.2) is 42.7 Å². The monoisotopic (exact) mass is 255 g/mol. The van der Waals surface area contributed by atoms with Gasteiger partial charge in [-0.2, -0.15) is 0 Å². The molecule has 98 valence electrons. The summed E-state index contributed by atoms with van der Waals surface area (Å²) in [6, 6.07) is 10.4. The molecule has 4 heteroatoms. The fourth-order valence-corrected chi connectivity index (χ4v) is 2.39. The second-order valence-electron chi connectivity index (χ2n) is 5.14. The van der Waals surface area contributed by atoms with Gasteiger partial charge in [-0.3, -0.25) is 4.79 Å². The zero-order valence-electron chi connectivity index (χ0n) is 10.7. The number of nitrogens with zero attached hydrogens (tertiary/aromatic N) is 1. The Morgan fingerprint density at radius 2 is 2.11 bits per heavy atom. The van der Waals surface area contributed by atoms with Gasteiger partial charge in [-0.25, -0.2) is 4.98 Å². The maximum atomic E-state index is 11.8. The highest BCUT2D eigenvalue weighted by Crippen LogP contribution is 2.47. The van der Waals surface area contributed by atoms with Crippen LogP contribution in [0.3, 0.4) is 0 Å². The summed E-state index contributed by atoms with van der Waals surface area (Å²) in [5, 5.41) is 3.02. The number of rotatable bonds is 5. The zero-order valence-corrected chi connectivity index (χ0v) is 10.7. The van der Waals surface area contributed by atoms with Gasteiger partial charge in [0.1, 0.15) is 5.82 Å². The Morgan fingerprint density at radius 3 is 2.74 bits per heavy atom. The number of aromatic amines is 1. The molecule has 1 aliphatic carbocycles. The smallest absolute Gasteiger partial charge is 0.227 e. The second kappa shape index (κ2) is 4.88. The normalized spacial score (nSPS) is 16.0. The Bertz CT molecular complexity index is 544. The Morgan fingerprint density at radius 1 is 1.32 bits per heavy atom. The van der Waals surface area contributed by atoms with Crippen LogP contribution in [0, 0.1) is 0 Å². The van der Waals surface area contributed by atoms with Crippen LogP contribution < -0.4 is 5.32 Å². The summed E-state index contributed by atoms with van der Waals surface area (Å²) in [4.78, 5) is 18.8. The van der Waals surface area contributed by atoms with Gasteiger partial charge >= 0.3 is 0 Å². The van der Waals surface area contributed by atoms with Gasteiger partial charge in [0.05, 0.1) is 6.42 Å². The van der Waals surface area contributed by atoms with Crippen molar-refractivity contribution in [1.82, 2.24) is 15.3 Å². The van der Waals surface area contributed by atoms with Gasteiger partial charge < -0.3 is 10.3 Å². The highest BCUT2D eigenvalue weighted by molar-refractivity contribution is 5.77. The molecule has 0 unspecified atom stereocenters. The van der Waals surface area contributed by atoms with E-state index < -0.39 is 0 Å². The molecule has 2 aromatic rings. The molecule has 0 atom stereocenters. The van der Waals surface area contributed by atoms with Crippen LogP contribution in [0.5, 0.6) is 0 Å². The molecule has 1 aliphatic rings. The van der Waals surface area contributed by atoms with Crippen molar-refractivity contribution in [3.8, 4) is 0 Å². The van der Waals surface area contributed by atoms with E-state index in [1.807, 2.05) is 6.07 Å². The Kier molecular flexibility index (Phi) is 3.07. The van der Waals surface area contributed by atoms with E-state index in [0.717, 1.165) is 19.4 Å². The van der Waals surface area contributed by atoms with Crippen molar-refractivity contribution in [2.45, 2.75) is 24.7 Å². The number of carbonyl (C=O) groups excluding carboxylic acids is 1. The standard InChI is InChI=1S/C15H17N3O/c19-14(10-13-16-8-9-17-13)18-11-15(6-7-15)12-4-2-1-3-5-12/h1-5,8-9H,6-7,10-11H2,(H,16,17)(H,18,19). The average molecular weight is 255 g/mol. The highest BCUT2D eigenvalue weighted by atomic mass is 16.1.